The van der Waals surface area contributed by atoms with E-state index < -0.39 is 0 Å². The predicted molar refractivity (Wildman–Crippen MR) is 43.9 cm³/mol. The van der Waals surface area contributed by atoms with Gasteiger partial charge in [-0.2, -0.15) is 0 Å². The zero-order chi connectivity index (χ0) is 8.27. The van der Waals surface area contributed by atoms with Gasteiger partial charge in [0.05, 0.1) is 0 Å². The second kappa shape index (κ2) is 3.53. The Morgan fingerprint density at radius 2 is 2.55 bits per heavy atom. The molecule has 3 nitrogen and oxygen atoms in total. The van der Waals surface area contributed by atoms with Crippen LogP contribution in [0.15, 0.2) is 12.3 Å². The van der Waals surface area contributed by atoms with Crippen LogP contribution in [-0.2, 0) is 4.79 Å². The summed E-state index contributed by atoms with van der Waals surface area (Å²) in [5, 5.41) is 0. The largest absolute Gasteiger partial charge is 0.374 e. The molecule has 0 bridgehead atoms. The number of nitrogens with two attached hydrogens (primary N) is 1. The highest BCUT2D eigenvalue weighted by Gasteiger charge is 2.21. The Balaban J connectivity index is 2.41. The van der Waals surface area contributed by atoms with Crippen LogP contribution in [-0.4, -0.2) is 30.8 Å². The van der Waals surface area contributed by atoms with E-state index in [9.17, 15) is 4.79 Å². The van der Waals surface area contributed by atoms with Gasteiger partial charge in [-0.25, -0.2) is 0 Å². The van der Waals surface area contributed by atoms with Gasteiger partial charge >= 0.3 is 0 Å². The molecule has 0 radical (unpaired) electrons. The molecule has 0 aromatic heterocycles. The van der Waals surface area contributed by atoms with Gasteiger partial charge in [-0.1, -0.05) is 6.58 Å². The summed E-state index contributed by atoms with van der Waals surface area (Å²) < 4.78 is 0. The number of hydrogen-bond acceptors (Lipinski definition) is 3. The van der Waals surface area contributed by atoms with Crippen molar-refractivity contribution in [2.75, 3.05) is 19.6 Å². The summed E-state index contributed by atoms with van der Waals surface area (Å²) in [6.45, 7) is 6.04. The number of carbonyl (C=O) groups is 1. The van der Waals surface area contributed by atoms with Gasteiger partial charge in [0.2, 0.25) is 0 Å². The van der Waals surface area contributed by atoms with E-state index in [1.165, 1.54) is 0 Å². The molecule has 0 spiro atoms. The Hall–Kier alpha value is -0.830. The molecule has 0 aromatic rings. The maximum atomic E-state index is 10.4. The van der Waals surface area contributed by atoms with Gasteiger partial charge in [0.25, 0.3) is 0 Å². The molecular formula is C8H14N2O. The minimum absolute atomic E-state index is 0.193. The van der Waals surface area contributed by atoms with Crippen LogP contribution in [0.5, 0.6) is 0 Å². The average molecular weight is 154 g/mol. The van der Waals surface area contributed by atoms with Crippen molar-refractivity contribution in [1.82, 2.24) is 4.90 Å². The van der Waals surface area contributed by atoms with Crippen molar-refractivity contribution in [3.05, 3.63) is 12.3 Å². The maximum absolute atomic E-state index is 10.4. The summed E-state index contributed by atoms with van der Waals surface area (Å²) in [7, 11) is 0. The summed E-state index contributed by atoms with van der Waals surface area (Å²) in [6, 6.07) is 0. The number of nitrogens with zero attached hydrogens (tertiary/aromatic N) is 1. The summed E-state index contributed by atoms with van der Waals surface area (Å²) in [4.78, 5) is 12.5. The van der Waals surface area contributed by atoms with Crippen molar-refractivity contribution in [1.29, 1.82) is 0 Å². The molecule has 1 aliphatic heterocycles. The molecule has 62 valence electrons. The fourth-order valence-electron chi connectivity index (χ4n) is 1.31. The minimum Gasteiger partial charge on any atom is -0.374 e. The average Bonchev–Trinajstić information content (AvgIpc) is 2.50. The van der Waals surface area contributed by atoms with Crippen molar-refractivity contribution in [3.8, 4) is 0 Å². The van der Waals surface area contributed by atoms with E-state index in [0.29, 0.717) is 6.54 Å². The van der Waals surface area contributed by atoms with Crippen LogP contribution in [0.1, 0.15) is 6.42 Å². The van der Waals surface area contributed by atoms with Crippen LogP contribution in [0.4, 0.5) is 0 Å². The predicted octanol–water partition coefficient (Wildman–Crippen LogP) is -0.0204. The Kier molecular flexibility index (Phi) is 2.65. The van der Waals surface area contributed by atoms with Crippen LogP contribution >= 0.6 is 0 Å². The maximum Gasteiger partial charge on any atom is 0.124 e. The van der Waals surface area contributed by atoms with Gasteiger partial charge in [0.15, 0.2) is 0 Å². The first-order valence-corrected chi connectivity index (χ1v) is 3.86. The Labute approximate surface area is 66.9 Å². The third kappa shape index (κ3) is 1.80. The molecule has 0 amide bonds. The van der Waals surface area contributed by atoms with Gasteiger partial charge in [-0.15, -0.1) is 0 Å². The van der Waals surface area contributed by atoms with E-state index in [0.717, 1.165) is 31.5 Å². The zero-order valence-electron chi connectivity index (χ0n) is 6.62. The van der Waals surface area contributed by atoms with E-state index in [1.807, 2.05) is 0 Å². The normalized spacial score (nSPS) is 23.7. The van der Waals surface area contributed by atoms with E-state index in [2.05, 4.69) is 11.5 Å². The molecule has 0 aromatic carbocycles. The smallest absolute Gasteiger partial charge is 0.124 e. The van der Waals surface area contributed by atoms with Crippen LogP contribution in [0.25, 0.3) is 0 Å². The van der Waals surface area contributed by atoms with Crippen LogP contribution in [0, 0.1) is 5.92 Å². The molecule has 0 aliphatic carbocycles. The monoisotopic (exact) mass is 154 g/mol. The van der Waals surface area contributed by atoms with Gasteiger partial charge in [-0.05, 0) is 6.42 Å². The second-order valence-corrected chi connectivity index (χ2v) is 2.90. The lowest BCUT2D eigenvalue weighted by Gasteiger charge is -2.18. The van der Waals surface area contributed by atoms with Crippen LogP contribution in [0.3, 0.4) is 0 Å². The number of aldehydes is 1. The van der Waals surface area contributed by atoms with Crippen molar-refractivity contribution in [2.24, 2.45) is 11.7 Å². The topological polar surface area (TPSA) is 46.3 Å². The van der Waals surface area contributed by atoms with E-state index in [-0.39, 0.29) is 5.92 Å². The Morgan fingerprint density at radius 1 is 1.82 bits per heavy atom. The lowest BCUT2D eigenvalue weighted by molar-refractivity contribution is -0.110. The molecule has 1 rings (SSSR count). The quantitative estimate of drug-likeness (QED) is 0.581. The summed E-state index contributed by atoms with van der Waals surface area (Å²) in [6.07, 6.45) is 1.96. The molecule has 1 heterocycles. The molecule has 1 atom stereocenters. The SMILES string of the molecule is C=C(CN)N1CCC(C=O)C1. The lowest BCUT2D eigenvalue weighted by atomic mass is 10.1. The van der Waals surface area contributed by atoms with Crippen LogP contribution in [0.2, 0.25) is 0 Å². The van der Waals surface area contributed by atoms with E-state index >= 15 is 0 Å². The Bertz CT molecular complexity index is 167. The fraction of sp³-hybridized carbons (Fsp3) is 0.625. The minimum atomic E-state index is 0.193. The number of carbonyl (C=O) groups excluding carboxylic acids is 1. The number of hydrogen-bond donors (Lipinski definition) is 1. The van der Waals surface area contributed by atoms with Crippen molar-refractivity contribution < 1.29 is 4.79 Å². The molecule has 2 N–H and O–H groups in total. The zero-order valence-corrected chi connectivity index (χ0v) is 6.62. The first-order valence-electron chi connectivity index (χ1n) is 3.86. The molecule has 0 saturated carbocycles. The van der Waals surface area contributed by atoms with Crippen molar-refractivity contribution in [3.63, 3.8) is 0 Å². The highest BCUT2D eigenvalue weighted by molar-refractivity contribution is 5.54. The third-order valence-electron chi connectivity index (χ3n) is 2.10. The van der Waals surface area contributed by atoms with E-state index in [4.69, 9.17) is 5.73 Å². The molecule has 11 heavy (non-hydrogen) atoms. The molecule has 1 unspecified atom stereocenters. The molecule has 1 saturated heterocycles. The summed E-state index contributed by atoms with van der Waals surface area (Å²) >= 11 is 0. The standard InChI is InChI=1S/C8H14N2O/c1-7(4-9)10-3-2-8(5-10)6-11/h6,8H,1-5,9H2. The van der Waals surface area contributed by atoms with Gasteiger partial charge < -0.3 is 15.4 Å². The van der Waals surface area contributed by atoms with Gasteiger partial charge in [0, 0.05) is 31.2 Å². The molecule has 1 aliphatic rings. The highest BCUT2D eigenvalue weighted by atomic mass is 16.1. The van der Waals surface area contributed by atoms with Crippen molar-refractivity contribution in [2.45, 2.75) is 6.42 Å². The first kappa shape index (κ1) is 8.27. The molecular weight excluding hydrogens is 140 g/mol. The summed E-state index contributed by atoms with van der Waals surface area (Å²) in [5.74, 6) is 0.193. The highest BCUT2D eigenvalue weighted by Crippen LogP contribution is 2.16. The van der Waals surface area contributed by atoms with E-state index in [1.54, 1.807) is 0 Å². The van der Waals surface area contributed by atoms with Gasteiger partial charge in [-0.3, -0.25) is 0 Å². The summed E-state index contributed by atoms with van der Waals surface area (Å²) in [5.41, 5.74) is 6.35. The van der Waals surface area contributed by atoms with Crippen molar-refractivity contribution >= 4 is 6.29 Å². The third-order valence-corrected chi connectivity index (χ3v) is 2.10. The van der Waals surface area contributed by atoms with Gasteiger partial charge in [0.1, 0.15) is 6.29 Å². The lowest BCUT2D eigenvalue weighted by Crippen LogP contribution is -2.24. The van der Waals surface area contributed by atoms with Crippen LogP contribution < -0.4 is 5.73 Å². The number of rotatable bonds is 3. The molecule has 3 heteroatoms. The Morgan fingerprint density at radius 3 is 3.00 bits per heavy atom. The fourth-order valence-corrected chi connectivity index (χ4v) is 1.31. The molecule has 1 fully saturated rings. The number of likely N-dealkylation sites (tertiary alicyclic amines) is 1. The second-order valence-electron chi connectivity index (χ2n) is 2.90. The first-order chi connectivity index (χ1) is 5.27.